The molecule has 1 aliphatic rings. The lowest BCUT2D eigenvalue weighted by molar-refractivity contribution is 0.0846. The SMILES string of the molecule is COc1cc2nc(C3CCOCC3)cn2cc1C(=O)Nc1cccnc1C=CN. The van der Waals surface area contributed by atoms with Gasteiger partial charge in [0.2, 0.25) is 0 Å². The van der Waals surface area contributed by atoms with E-state index in [0.717, 1.165) is 37.4 Å². The number of amides is 1. The number of anilines is 1. The average molecular weight is 393 g/mol. The van der Waals surface area contributed by atoms with Gasteiger partial charge >= 0.3 is 0 Å². The summed E-state index contributed by atoms with van der Waals surface area (Å²) < 4.78 is 12.8. The van der Waals surface area contributed by atoms with Crippen molar-refractivity contribution in [2.45, 2.75) is 18.8 Å². The maximum absolute atomic E-state index is 13.0. The van der Waals surface area contributed by atoms with Crippen LogP contribution in [0.15, 0.2) is 43.0 Å². The smallest absolute Gasteiger partial charge is 0.261 e. The maximum atomic E-state index is 13.0. The van der Waals surface area contributed by atoms with Gasteiger partial charge in [-0.25, -0.2) is 4.98 Å². The summed E-state index contributed by atoms with van der Waals surface area (Å²) in [6, 6.07) is 5.30. The van der Waals surface area contributed by atoms with Crippen molar-refractivity contribution in [3.63, 3.8) is 0 Å². The number of hydrogen-bond acceptors (Lipinski definition) is 6. The molecule has 8 heteroatoms. The summed E-state index contributed by atoms with van der Waals surface area (Å²) in [5, 5.41) is 2.88. The third kappa shape index (κ3) is 3.93. The Kier molecular flexibility index (Phi) is 5.44. The minimum atomic E-state index is -0.301. The molecule has 1 aliphatic heterocycles. The molecule has 0 spiro atoms. The fraction of sp³-hybridized carbons (Fsp3) is 0.286. The Balaban J connectivity index is 1.66. The highest BCUT2D eigenvalue weighted by atomic mass is 16.5. The lowest BCUT2D eigenvalue weighted by atomic mass is 9.97. The standard InChI is InChI=1S/C21H23N5O3/c1-28-19-11-20-24-18(14-5-9-29-10-6-14)13-26(20)12-15(19)21(27)25-17-3-2-8-23-16(17)4-7-22/h2-4,7-8,11-14H,5-6,9-10,22H2,1H3,(H,25,27). The molecule has 4 heterocycles. The van der Waals surface area contributed by atoms with E-state index < -0.39 is 0 Å². The van der Waals surface area contributed by atoms with E-state index in [-0.39, 0.29) is 5.91 Å². The number of rotatable bonds is 5. The summed E-state index contributed by atoms with van der Waals surface area (Å²) in [7, 11) is 1.54. The Labute approximate surface area is 168 Å². The molecule has 0 unspecified atom stereocenters. The van der Waals surface area contributed by atoms with Crippen molar-refractivity contribution in [3.8, 4) is 5.75 Å². The number of imidazole rings is 1. The van der Waals surface area contributed by atoms with Crippen LogP contribution in [0.2, 0.25) is 0 Å². The van der Waals surface area contributed by atoms with E-state index >= 15 is 0 Å². The molecule has 29 heavy (non-hydrogen) atoms. The third-order valence-electron chi connectivity index (χ3n) is 5.02. The molecule has 0 aromatic carbocycles. The largest absolute Gasteiger partial charge is 0.496 e. The molecule has 1 fully saturated rings. The molecule has 3 aromatic heterocycles. The fourth-order valence-electron chi connectivity index (χ4n) is 3.50. The fourth-order valence-corrected chi connectivity index (χ4v) is 3.50. The molecule has 1 saturated heterocycles. The van der Waals surface area contributed by atoms with Crippen LogP contribution in [0.5, 0.6) is 5.75 Å². The van der Waals surface area contributed by atoms with E-state index in [1.165, 1.54) is 13.3 Å². The second-order valence-corrected chi connectivity index (χ2v) is 6.82. The molecule has 0 atom stereocenters. The summed E-state index contributed by atoms with van der Waals surface area (Å²) in [6.07, 6.45) is 10.3. The van der Waals surface area contributed by atoms with Gasteiger partial charge in [0.15, 0.2) is 0 Å². The molecule has 3 N–H and O–H groups in total. The summed E-state index contributed by atoms with van der Waals surface area (Å²) in [5.74, 6) is 0.525. The van der Waals surface area contributed by atoms with Gasteiger partial charge in [0.05, 0.1) is 29.7 Å². The second-order valence-electron chi connectivity index (χ2n) is 6.82. The van der Waals surface area contributed by atoms with Crippen molar-refractivity contribution in [2.24, 2.45) is 5.73 Å². The summed E-state index contributed by atoms with van der Waals surface area (Å²) in [4.78, 5) is 21.9. The number of nitrogens with zero attached hydrogens (tertiary/aromatic N) is 3. The monoisotopic (exact) mass is 393 g/mol. The summed E-state index contributed by atoms with van der Waals surface area (Å²) in [5.41, 5.74) is 8.77. The topological polar surface area (TPSA) is 104 Å². The van der Waals surface area contributed by atoms with Crippen LogP contribution in [-0.2, 0) is 4.74 Å². The maximum Gasteiger partial charge on any atom is 0.261 e. The van der Waals surface area contributed by atoms with E-state index in [9.17, 15) is 4.79 Å². The van der Waals surface area contributed by atoms with Crippen molar-refractivity contribution < 1.29 is 14.3 Å². The van der Waals surface area contributed by atoms with Gasteiger partial charge in [-0.15, -0.1) is 0 Å². The minimum Gasteiger partial charge on any atom is -0.496 e. The van der Waals surface area contributed by atoms with Crippen molar-refractivity contribution in [1.29, 1.82) is 0 Å². The van der Waals surface area contributed by atoms with Gasteiger partial charge < -0.3 is 24.9 Å². The number of pyridine rings is 2. The van der Waals surface area contributed by atoms with E-state index in [0.29, 0.717) is 28.6 Å². The normalized spacial score (nSPS) is 15.1. The highest BCUT2D eigenvalue weighted by molar-refractivity contribution is 6.07. The molecule has 1 amide bonds. The van der Waals surface area contributed by atoms with Crippen LogP contribution in [0.1, 0.15) is 40.5 Å². The number of fused-ring (bicyclic) bond motifs is 1. The Morgan fingerprint density at radius 1 is 1.38 bits per heavy atom. The van der Waals surface area contributed by atoms with Gasteiger partial charge in [-0.05, 0) is 37.3 Å². The first-order valence-electron chi connectivity index (χ1n) is 9.48. The van der Waals surface area contributed by atoms with Crippen LogP contribution in [0.3, 0.4) is 0 Å². The van der Waals surface area contributed by atoms with Crippen molar-refractivity contribution in [1.82, 2.24) is 14.4 Å². The van der Waals surface area contributed by atoms with Gasteiger partial charge in [0.1, 0.15) is 11.4 Å². The van der Waals surface area contributed by atoms with Crippen molar-refractivity contribution >= 4 is 23.3 Å². The molecule has 0 radical (unpaired) electrons. The molecule has 8 nitrogen and oxygen atoms in total. The average Bonchev–Trinajstić information content (AvgIpc) is 3.18. The van der Waals surface area contributed by atoms with Gasteiger partial charge in [-0.3, -0.25) is 9.78 Å². The van der Waals surface area contributed by atoms with Gasteiger partial charge in [-0.1, -0.05) is 0 Å². The van der Waals surface area contributed by atoms with Crippen LogP contribution >= 0.6 is 0 Å². The molecular weight excluding hydrogens is 370 g/mol. The number of aromatic nitrogens is 3. The van der Waals surface area contributed by atoms with Gasteiger partial charge in [0, 0.05) is 43.8 Å². The quantitative estimate of drug-likeness (QED) is 0.691. The Morgan fingerprint density at radius 3 is 2.97 bits per heavy atom. The van der Waals surface area contributed by atoms with Gasteiger partial charge in [-0.2, -0.15) is 0 Å². The predicted molar refractivity (Wildman–Crippen MR) is 110 cm³/mol. The lowest BCUT2D eigenvalue weighted by Gasteiger charge is -2.19. The van der Waals surface area contributed by atoms with E-state index in [1.807, 2.05) is 10.6 Å². The number of nitrogens with two attached hydrogens (primary N) is 1. The number of carbonyl (C=O) groups is 1. The van der Waals surface area contributed by atoms with Crippen LogP contribution in [-0.4, -0.2) is 40.6 Å². The Bertz CT molecular complexity index is 1050. The molecule has 0 saturated carbocycles. The Hall–Kier alpha value is -3.39. The first-order valence-corrected chi connectivity index (χ1v) is 9.48. The molecule has 0 aliphatic carbocycles. The number of hydrogen-bond donors (Lipinski definition) is 2. The van der Waals surface area contributed by atoms with Crippen molar-refractivity contribution in [3.05, 3.63) is 59.9 Å². The van der Waals surface area contributed by atoms with E-state index in [2.05, 4.69) is 10.3 Å². The number of carbonyl (C=O) groups excluding carboxylic acids is 1. The van der Waals surface area contributed by atoms with Crippen LogP contribution < -0.4 is 15.8 Å². The molecule has 0 bridgehead atoms. The van der Waals surface area contributed by atoms with Crippen LogP contribution in [0.4, 0.5) is 5.69 Å². The highest BCUT2D eigenvalue weighted by Gasteiger charge is 2.21. The zero-order chi connectivity index (χ0) is 20.2. The first-order chi connectivity index (χ1) is 14.2. The minimum absolute atomic E-state index is 0.301. The molecule has 4 rings (SSSR count). The molecule has 3 aromatic rings. The van der Waals surface area contributed by atoms with Crippen LogP contribution in [0, 0.1) is 0 Å². The van der Waals surface area contributed by atoms with Crippen LogP contribution in [0.25, 0.3) is 11.7 Å². The predicted octanol–water partition coefficient (Wildman–Crippen LogP) is 2.81. The lowest BCUT2D eigenvalue weighted by Crippen LogP contribution is -2.15. The van der Waals surface area contributed by atoms with Gasteiger partial charge in [0.25, 0.3) is 5.91 Å². The van der Waals surface area contributed by atoms with Crippen molar-refractivity contribution in [2.75, 3.05) is 25.6 Å². The summed E-state index contributed by atoms with van der Waals surface area (Å²) in [6.45, 7) is 1.50. The highest BCUT2D eigenvalue weighted by Crippen LogP contribution is 2.29. The Morgan fingerprint density at radius 2 is 2.21 bits per heavy atom. The zero-order valence-corrected chi connectivity index (χ0v) is 16.2. The van der Waals surface area contributed by atoms with E-state index in [1.54, 1.807) is 36.7 Å². The number of methoxy groups -OCH3 is 1. The molecular formula is C21H23N5O3. The number of ether oxygens (including phenoxy) is 2. The molecule has 150 valence electrons. The second kappa shape index (κ2) is 8.32. The first kappa shape index (κ1) is 18.9. The zero-order valence-electron chi connectivity index (χ0n) is 16.2. The summed E-state index contributed by atoms with van der Waals surface area (Å²) >= 11 is 0. The van der Waals surface area contributed by atoms with E-state index in [4.69, 9.17) is 20.2 Å². The number of nitrogens with one attached hydrogen (secondary N) is 1. The third-order valence-corrected chi connectivity index (χ3v) is 5.02.